The Labute approximate surface area is 127 Å². The van der Waals surface area contributed by atoms with Crippen molar-refractivity contribution in [3.05, 3.63) is 29.3 Å². The van der Waals surface area contributed by atoms with Crippen molar-refractivity contribution in [1.82, 2.24) is 9.62 Å². The summed E-state index contributed by atoms with van der Waals surface area (Å²) in [7, 11) is 0.135. The topological polar surface area (TPSA) is 58.6 Å². The Hall–Kier alpha value is -0.950. The van der Waals surface area contributed by atoms with Crippen molar-refractivity contribution in [3.8, 4) is 0 Å². The average molecular weight is 312 g/mol. The Kier molecular flexibility index (Phi) is 5.37. The Morgan fingerprint density at radius 1 is 1.33 bits per heavy atom. The van der Waals surface area contributed by atoms with Crippen LogP contribution in [-0.2, 0) is 21.3 Å². The largest absolute Gasteiger partial charge is 0.381 e. The van der Waals surface area contributed by atoms with Gasteiger partial charge in [-0.25, -0.2) is 8.42 Å². The van der Waals surface area contributed by atoms with Gasteiger partial charge in [0, 0.05) is 26.7 Å². The summed E-state index contributed by atoms with van der Waals surface area (Å²) in [5.74, 6) is 0. The van der Waals surface area contributed by atoms with Crippen LogP contribution in [0.4, 0.5) is 0 Å². The van der Waals surface area contributed by atoms with Gasteiger partial charge in [-0.2, -0.15) is 4.31 Å². The van der Waals surface area contributed by atoms with Gasteiger partial charge in [-0.05, 0) is 50.1 Å². The Morgan fingerprint density at radius 2 is 2.00 bits per heavy atom. The van der Waals surface area contributed by atoms with Gasteiger partial charge >= 0.3 is 0 Å². The molecule has 1 saturated heterocycles. The van der Waals surface area contributed by atoms with Gasteiger partial charge in [0.2, 0.25) is 10.0 Å². The lowest BCUT2D eigenvalue weighted by molar-refractivity contribution is 0.0604. The van der Waals surface area contributed by atoms with Crippen LogP contribution in [-0.4, -0.2) is 46.1 Å². The van der Waals surface area contributed by atoms with Crippen molar-refractivity contribution in [2.75, 3.05) is 27.2 Å². The van der Waals surface area contributed by atoms with Crippen LogP contribution in [0.5, 0.6) is 0 Å². The van der Waals surface area contributed by atoms with Crippen molar-refractivity contribution < 1.29 is 13.2 Å². The van der Waals surface area contributed by atoms with Crippen LogP contribution < -0.4 is 5.32 Å². The molecule has 1 aromatic carbocycles. The summed E-state index contributed by atoms with van der Waals surface area (Å²) < 4.78 is 32.3. The molecule has 0 amide bonds. The number of aryl methyl sites for hydroxylation is 1. The fourth-order valence-corrected chi connectivity index (χ4v) is 4.17. The number of hydrogen-bond donors (Lipinski definition) is 1. The van der Waals surface area contributed by atoms with Gasteiger partial charge in [0.15, 0.2) is 0 Å². The van der Waals surface area contributed by atoms with E-state index in [2.05, 4.69) is 5.32 Å². The first-order valence-corrected chi connectivity index (χ1v) is 8.70. The second-order valence-corrected chi connectivity index (χ2v) is 7.40. The molecular weight excluding hydrogens is 288 g/mol. The van der Waals surface area contributed by atoms with Gasteiger partial charge in [0.05, 0.1) is 11.0 Å². The molecule has 1 fully saturated rings. The average Bonchev–Trinajstić information content (AvgIpc) is 2.49. The molecule has 0 spiro atoms. The molecule has 0 bridgehead atoms. The molecule has 0 aliphatic carbocycles. The van der Waals surface area contributed by atoms with Gasteiger partial charge < -0.3 is 10.1 Å². The van der Waals surface area contributed by atoms with Gasteiger partial charge in [0.25, 0.3) is 0 Å². The van der Waals surface area contributed by atoms with Crippen LogP contribution >= 0.6 is 0 Å². The van der Waals surface area contributed by atoms with Crippen LogP contribution in [0, 0.1) is 6.92 Å². The number of rotatable bonds is 5. The number of ether oxygens (including phenoxy) is 1. The van der Waals surface area contributed by atoms with Crippen molar-refractivity contribution >= 4 is 10.0 Å². The van der Waals surface area contributed by atoms with Gasteiger partial charge in [-0.1, -0.05) is 6.07 Å². The monoisotopic (exact) mass is 312 g/mol. The first-order chi connectivity index (χ1) is 9.98. The van der Waals surface area contributed by atoms with Crippen LogP contribution in [0.3, 0.4) is 0 Å². The quantitative estimate of drug-likeness (QED) is 0.895. The fraction of sp³-hybridized carbons (Fsp3) is 0.600. The van der Waals surface area contributed by atoms with Crippen molar-refractivity contribution in [2.45, 2.75) is 37.3 Å². The lowest BCUT2D eigenvalue weighted by atomic mass is 10.1. The number of piperidine rings is 1. The van der Waals surface area contributed by atoms with Gasteiger partial charge in [-0.3, -0.25) is 0 Å². The van der Waals surface area contributed by atoms with E-state index < -0.39 is 10.0 Å². The molecule has 0 unspecified atom stereocenters. The van der Waals surface area contributed by atoms with E-state index in [9.17, 15) is 8.42 Å². The summed E-state index contributed by atoms with van der Waals surface area (Å²) in [5, 5.41) is 3.07. The summed E-state index contributed by atoms with van der Waals surface area (Å²) in [6, 6.07) is 5.36. The zero-order valence-electron chi connectivity index (χ0n) is 12.9. The number of benzene rings is 1. The smallest absolute Gasteiger partial charge is 0.243 e. The maximum Gasteiger partial charge on any atom is 0.243 e. The summed E-state index contributed by atoms with van der Waals surface area (Å²) in [6.45, 7) is 3.71. The van der Waals surface area contributed by atoms with E-state index in [0.29, 0.717) is 24.5 Å². The zero-order chi connectivity index (χ0) is 15.5. The van der Waals surface area contributed by atoms with E-state index >= 15 is 0 Å². The standard InChI is InChI=1S/C15H24N2O3S/c1-12-4-5-15(10-13(12)11-16-2)21(18,19)17-8-6-14(20-3)7-9-17/h4-5,10,14,16H,6-9,11H2,1-3H3. The van der Waals surface area contributed by atoms with Gasteiger partial charge in [-0.15, -0.1) is 0 Å². The molecule has 2 rings (SSSR count). The molecule has 1 aromatic rings. The third-order valence-electron chi connectivity index (χ3n) is 4.06. The lowest BCUT2D eigenvalue weighted by Crippen LogP contribution is -2.40. The molecule has 0 saturated carbocycles. The fourth-order valence-electron chi connectivity index (χ4n) is 2.65. The summed E-state index contributed by atoms with van der Waals surface area (Å²) in [4.78, 5) is 0.384. The predicted molar refractivity (Wildman–Crippen MR) is 82.7 cm³/mol. The molecule has 1 N–H and O–H groups in total. The van der Waals surface area contributed by atoms with Crippen LogP contribution in [0.1, 0.15) is 24.0 Å². The van der Waals surface area contributed by atoms with E-state index in [4.69, 9.17) is 4.74 Å². The van der Waals surface area contributed by atoms with Crippen molar-refractivity contribution in [3.63, 3.8) is 0 Å². The highest BCUT2D eigenvalue weighted by molar-refractivity contribution is 7.89. The SMILES string of the molecule is CNCc1cc(S(=O)(=O)N2CCC(OC)CC2)ccc1C. The summed E-state index contributed by atoms with van der Waals surface area (Å²) >= 11 is 0. The molecule has 118 valence electrons. The van der Waals surface area contributed by atoms with Crippen molar-refractivity contribution in [2.24, 2.45) is 0 Å². The maximum atomic E-state index is 12.7. The van der Waals surface area contributed by atoms with E-state index in [-0.39, 0.29) is 6.10 Å². The number of nitrogens with zero attached hydrogens (tertiary/aromatic N) is 1. The first-order valence-electron chi connectivity index (χ1n) is 7.26. The molecule has 1 aliphatic heterocycles. The van der Waals surface area contributed by atoms with E-state index in [1.165, 1.54) is 0 Å². The minimum absolute atomic E-state index is 0.175. The highest BCUT2D eigenvalue weighted by Gasteiger charge is 2.29. The van der Waals surface area contributed by atoms with Crippen LogP contribution in [0.15, 0.2) is 23.1 Å². The Bertz CT molecular complexity index is 579. The number of methoxy groups -OCH3 is 1. The molecule has 0 radical (unpaired) electrons. The molecule has 1 heterocycles. The molecule has 5 nitrogen and oxygen atoms in total. The van der Waals surface area contributed by atoms with Gasteiger partial charge in [0.1, 0.15) is 0 Å². The Morgan fingerprint density at radius 3 is 2.57 bits per heavy atom. The normalized spacial score (nSPS) is 18.0. The molecular formula is C15H24N2O3S. The molecule has 0 aromatic heterocycles. The minimum atomic E-state index is -3.40. The highest BCUT2D eigenvalue weighted by Crippen LogP contribution is 2.23. The Balaban J connectivity index is 2.22. The molecule has 21 heavy (non-hydrogen) atoms. The third kappa shape index (κ3) is 3.63. The van der Waals surface area contributed by atoms with E-state index in [1.54, 1.807) is 23.5 Å². The summed E-state index contributed by atoms with van der Waals surface area (Å²) in [5.41, 5.74) is 2.12. The number of nitrogens with one attached hydrogen (secondary N) is 1. The van der Waals surface area contributed by atoms with Crippen LogP contribution in [0.2, 0.25) is 0 Å². The maximum absolute atomic E-state index is 12.7. The van der Waals surface area contributed by atoms with Crippen molar-refractivity contribution in [1.29, 1.82) is 0 Å². The summed E-state index contributed by atoms with van der Waals surface area (Å²) in [6.07, 6.45) is 1.69. The highest BCUT2D eigenvalue weighted by atomic mass is 32.2. The molecule has 0 atom stereocenters. The second-order valence-electron chi connectivity index (χ2n) is 5.46. The lowest BCUT2D eigenvalue weighted by Gasteiger charge is -2.30. The third-order valence-corrected chi connectivity index (χ3v) is 5.95. The zero-order valence-corrected chi connectivity index (χ0v) is 13.7. The number of hydrogen-bond acceptors (Lipinski definition) is 4. The van der Waals surface area contributed by atoms with E-state index in [1.807, 2.05) is 20.0 Å². The first kappa shape index (κ1) is 16.4. The second kappa shape index (κ2) is 6.87. The number of sulfonamides is 1. The van der Waals surface area contributed by atoms with Crippen LogP contribution in [0.25, 0.3) is 0 Å². The predicted octanol–water partition coefficient (Wildman–Crippen LogP) is 1.51. The molecule has 1 aliphatic rings. The molecule has 6 heteroatoms. The minimum Gasteiger partial charge on any atom is -0.381 e. The van der Waals surface area contributed by atoms with E-state index in [0.717, 1.165) is 24.0 Å².